The SMILES string of the molecule is COc1ccc2nccc(CCC[C@@H]3CCN(CCCCc4ccsc4)C[C@@H]3CCC(=O)O)c2c1. The number of aromatic nitrogens is 1. The fourth-order valence-electron chi connectivity index (χ4n) is 5.56. The molecule has 35 heavy (non-hydrogen) atoms. The first-order valence-electron chi connectivity index (χ1n) is 13.0. The third-order valence-corrected chi connectivity index (χ3v) is 8.27. The lowest BCUT2D eigenvalue weighted by Crippen LogP contribution is -2.41. The lowest BCUT2D eigenvalue weighted by molar-refractivity contribution is -0.137. The normalized spacial score (nSPS) is 18.7. The van der Waals surface area contributed by atoms with Crippen LogP contribution in [0.1, 0.15) is 56.1 Å². The summed E-state index contributed by atoms with van der Waals surface area (Å²) in [6.45, 7) is 3.32. The van der Waals surface area contributed by atoms with Crippen molar-refractivity contribution >= 4 is 28.2 Å². The summed E-state index contributed by atoms with van der Waals surface area (Å²) in [5, 5.41) is 14.9. The largest absolute Gasteiger partial charge is 0.497 e. The first-order chi connectivity index (χ1) is 17.1. The molecule has 0 spiro atoms. The van der Waals surface area contributed by atoms with Crippen LogP contribution < -0.4 is 4.74 Å². The van der Waals surface area contributed by atoms with Crippen LogP contribution in [0, 0.1) is 11.8 Å². The number of nitrogens with zero attached hydrogens (tertiary/aromatic N) is 2. The molecule has 6 heteroatoms. The van der Waals surface area contributed by atoms with Gasteiger partial charge in [0, 0.05) is 24.5 Å². The molecule has 0 radical (unpaired) electrons. The highest BCUT2D eigenvalue weighted by molar-refractivity contribution is 7.07. The molecule has 188 valence electrons. The molecule has 2 aromatic heterocycles. The smallest absolute Gasteiger partial charge is 0.303 e. The number of carboxylic acid groups (broad SMARTS) is 1. The average molecular weight is 495 g/mol. The molecule has 3 heterocycles. The van der Waals surface area contributed by atoms with Gasteiger partial charge in [-0.15, -0.1) is 0 Å². The number of carbonyl (C=O) groups is 1. The van der Waals surface area contributed by atoms with Gasteiger partial charge in [0.05, 0.1) is 12.6 Å². The third-order valence-electron chi connectivity index (χ3n) is 7.53. The zero-order valence-corrected chi connectivity index (χ0v) is 21.6. The van der Waals surface area contributed by atoms with Gasteiger partial charge in [-0.25, -0.2) is 0 Å². The molecule has 5 nitrogen and oxygen atoms in total. The number of methoxy groups -OCH3 is 1. The van der Waals surface area contributed by atoms with E-state index < -0.39 is 5.97 Å². The number of thiophene rings is 1. The van der Waals surface area contributed by atoms with Crippen molar-refractivity contribution in [3.8, 4) is 5.75 Å². The number of rotatable bonds is 13. The molecule has 3 aromatic rings. The minimum atomic E-state index is -0.672. The number of likely N-dealkylation sites (tertiary alicyclic amines) is 1. The highest BCUT2D eigenvalue weighted by atomic mass is 32.1. The maximum atomic E-state index is 11.3. The van der Waals surface area contributed by atoms with Crippen LogP contribution in [0.15, 0.2) is 47.3 Å². The topological polar surface area (TPSA) is 62.7 Å². The van der Waals surface area contributed by atoms with E-state index in [0.29, 0.717) is 11.8 Å². The molecular formula is C29H38N2O3S. The van der Waals surface area contributed by atoms with Crippen LogP contribution in [0.2, 0.25) is 0 Å². The molecule has 1 aliphatic rings. The number of carboxylic acids is 1. The molecule has 0 amide bonds. The van der Waals surface area contributed by atoms with Gasteiger partial charge in [-0.1, -0.05) is 0 Å². The van der Waals surface area contributed by atoms with E-state index in [1.807, 2.05) is 18.3 Å². The van der Waals surface area contributed by atoms with Crippen LogP contribution >= 0.6 is 11.3 Å². The molecule has 4 rings (SSSR count). The van der Waals surface area contributed by atoms with E-state index in [-0.39, 0.29) is 6.42 Å². The lowest BCUT2D eigenvalue weighted by Gasteiger charge is -2.39. The van der Waals surface area contributed by atoms with Gasteiger partial charge in [0.2, 0.25) is 0 Å². The number of aryl methyl sites for hydroxylation is 2. The predicted octanol–water partition coefficient (Wildman–Crippen LogP) is 6.45. The van der Waals surface area contributed by atoms with Gasteiger partial charge < -0.3 is 14.7 Å². The van der Waals surface area contributed by atoms with Crippen LogP contribution in [0.4, 0.5) is 0 Å². The summed E-state index contributed by atoms with van der Waals surface area (Å²) in [6, 6.07) is 10.4. The standard InChI is InChI=1S/C29H38N2O3S/c1-34-26-9-10-28-27(19-26)24(12-15-30-28)7-4-6-23-13-17-31(20-25(23)8-11-29(32)33)16-3-2-5-22-14-18-35-21-22/h9-10,12,14-15,18-19,21,23,25H,2-8,11,13,16-17,20H2,1H3,(H,32,33)/t23-,25+/m1/s1. The molecule has 1 saturated heterocycles. The van der Waals surface area contributed by atoms with Gasteiger partial charge in [-0.2, -0.15) is 11.3 Å². The molecule has 1 aliphatic heterocycles. The summed E-state index contributed by atoms with van der Waals surface area (Å²) in [6.07, 6.45) is 11.0. The molecule has 1 N–H and O–H groups in total. The number of hydrogen-bond donors (Lipinski definition) is 1. The first-order valence-corrected chi connectivity index (χ1v) is 13.9. The number of ether oxygens (including phenoxy) is 1. The highest BCUT2D eigenvalue weighted by Gasteiger charge is 2.29. The van der Waals surface area contributed by atoms with E-state index in [1.165, 1.54) is 35.8 Å². The number of hydrogen-bond acceptors (Lipinski definition) is 5. The van der Waals surface area contributed by atoms with Crippen molar-refractivity contribution in [2.45, 2.75) is 57.8 Å². The van der Waals surface area contributed by atoms with Gasteiger partial charge in [-0.05, 0) is 129 Å². The predicted molar refractivity (Wildman–Crippen MR) is 143 cm³/mol. The van der Waals surface area contributed by atoms with Gasteiger partial charge in [0.15, 0.2) is 0 Å². The molecular weight excluding hydrogens is 456 g/mol. The fraction of sp³-hybridized carbons (Fsp3) is 0.517. The van der Waals surface area contributed by atoms with E-state index in [9.17, 15) is 9.90 Å². The van der Waals surface area contributed by atoms with Crippen molar-refractivity contribution in [1.29, 1.82) is 0 Å². The Morgan fingerprint density at radius 3 is 2.86 bits per heavy atom. The lowest BCUT2D eigenvalue weighted by atomic mass is 9.79. The van der Waals surface area contributed by atoms with E-state index in [4.69, 9.17) is 4.74 Å². The zero-order chi connectivity index (χ0) is 24.5. The van der Waals surface area contributed by atoms with Gasteiger partial charge >= 0.3 is 5.97 Å². The number of piperidine rings is 1. The summed E-state index contributed by atoms with van der Waals surface area (Å²) in [4.78, 5) is 18.4. The van der Waals surface area contributed by atoms with Gasteiger partial charge in [-0.3, -0.25) is 9.78 Å². The Morgan fingerprint density at radius 1 is 1.14 bits per heavy atom. The Morgan fingerprint density at radius 2 is 2.06 bits per heavy atom. The second-order valence-corrected chi connectivity index (χ2v) is 10.7. The van der Waals surface area contributed by atoms with Crippen molar-refractivity contribution in [1.82, 2.24) is 9.88 Å². The Labute approximate surface area is 213 Å². The molecule has 1 fully saturated rings. The second-order valence-electron chi connectivity index (χ2n) is 9.88. The summed E-state index contributed by atoms with van der Waals surface area (Å²) in [5.41, 5.74) is 3.78. The molecule has 0 aliphatic carbocycles. The minimum absolute atomic E-state index is 0.280. The Bertz CT molecular complexity index is 1070. The number of aliphatic carboxylic acids is 1. The van der Waals surface area contributed by atoms with Crippen molar-refractivity contribution < 1.29 is 14.6 Å². The summed E-state index contributed by atoms with van der Waals surface area (Å²) < 4.78 is 5.42. The van der Waals surface area contributed by atoms with E-state index in [0.717, 1.165) is 63.0 Å². The monoisotopic (exact) mass is 494 g/mol. The summed E-state index contributed by atoms with van der Waals surface area (Å²) in [7, 11) is 1.70. The molecule has 2 atom stereocenters. The number of benzene rings is 1. The summed E-state index contributed by atoms with van der Waals surface area (Å²) >= 11 is 1.77. The quantitative estimate of drug-likeness (QED) is 0.277. The van der Waals surface area contributed by atoms with Crippen molar-refractivity contribution in [3.63, 3.8) is 0 Å². The fourth-order valence-corrected chi connectivity index (χ4v) is 6.26. The van der Waals surface area contributed by atoms with Crippen molar-refractivity contribution in [2.75, 3.05) is 26.7 Å². The maximum Gasteiger partial charge on any atom is 0.303 e. The van der Waals surface area contributed by atoms with E-state index in [1.54, 1.807) is 18.4 Å². The van der Waals surface area contributed by atoms with E-state index >= 15 is 0 Å². The van der Waals surface area contributed by atoms with Crippen LogP contribution in [0.5, 0.6) is 5.75 Å². The van der Waals surface area contributed by atoms with Crippen LogP contribution in [-0.2, 0) is 17.6 Å². The maximum absolute atomic E-state index is 11.3. The zero-order valence-electron chi connectivity index (χ0n) is 20.8. The van der Waals surface area contributed by atoms with E-state index in [2.05, 4.69) is 38.8 Å². The summed E-state index contributed by atoms with van der Waals surface area (Å²) in [5.74, 6) is 1.28. The van der Waals surface area contributed by atoms with Crippen LogP contribution in [0.25, 0.3) is 10.9 Å². The average Bonchev–Trinajstić information content (AvgIpc) is 3.39. The van der Waals surface area contributed by atoms with Crippen LogP contribution in [-0.4, -0.2) is 47.7 Å². The Hall–Kier alpha value is -2.44. The first kappa shape index (κ1) is 25.6. The van der Waals surface area contributed by atoms with Gasteiger partial charge in [0.1, 0.15) is 5.75 Å². The number of pyridine rings is 1. The molecule has 0 unspecified atom stereocenters. The highest BCUT2D eigenvalue weighted by Crippen LogP contribution is 2.32. The van der Waals surface area contributed by atoms with Gasteiger partial charge in [0.25, 0.3) is 0 Å². The third kappa shape index (κ3) is 7.52. The number of fused-ring (bicyclic) bond motifs is 1. The van der Waals surface area contributed by atoms with Crippen molar-refractivity contribution in [2.24, 2.45) is 11.8 Å². The Kier molecular flexibility index (Phi) is 9.55. The van der Waals surface area contributed by atoms with Crippen LogP contribution in [0.3, 0.4) is 0 Å². The van der Waals surface area contributed by atoms with Crippen molar-refractivity contribution in [3.05, 3.63) is 58.4 Å². The molecule has 0 saturated carbocycles. The molecule has 0 bridgehead atoms. The second kappa shape index (κ2) is 13.0. The Balaban J connectivity index is 1.29. The number of unbranched alkanes of at least 4 members (excludes halogenated alkanes) is 1. The molecule has 1 aromatic carbocycles. The minimum Gasteiger partial charge on any atom is -0.497 e.